The number of unbranched alkanes of at least 4 members (excludes halogenated alkanes) is 51. The van der Waals surface area contributed by atoms with Gasteiger partial charge in [-0.25, -0.2) is 9.13 Å². The van der Waals surface area contributed by atoms with Crippen molar-refractivity contribution in [1.82, 2.24) is 0 Å². The molecular formula is C82H160O17P2. The molecule has 3 N–H and O–H groups in total. The topological polar surface area (TPSA) is 237 Å². The van der Waals surface area contributed by atoms with E-state index in [-0.39, 0.29) is 25.7 Å². The Morgan fingerprint density at radius 2 is 0.455 bits per heavy atom. The third-order valence-electron chi connectivity index (χ3n) is 19.2. The molecule has 19 heteroatoms. The molecule has 0 saturated carbocycles. The summed E-state index contributed by atoms with van der Waals surface area (Å²) >= 11 is 0. The van der Waals surface area contributed by atoms with Gasteiger partial charge in [-0.3, -0.25) is 37.3 Å². The van der Waals surface area contributed by atoms with Crippen LogP contribution in [0.25, 0.3) is 0 Å². The summed E-state index contributed by atoms with van der Waals surface area (Å²) in [5, 5.41) is 10.6. The molecule has 0 bridgehead atoms. The number of carbonyl (C=O) groups is 4. The zero-order valence-electron chi connectivity index (χ0n) is 66.2. The number of carbonyl (C=O) groups excluding carboxylic acids is 4. The van der Waals surface area contributed by atoms with Gasteiger partial charge in [0.2, 0.25) is 0 Å². The second-order valence-corrected chi connectivity index (χ2v) is 33.4. The molecule has 600 valence electrons. The third kappa shape index (κ3) is 76.1. The first-order chi connectivity index (χ1) is 48.9. The van der Waals surface area contributed by atoms with Gasteiger partial charge in [0.1, 0.15) is 19.3 Å². The zero-order chi connectivity index (χ0) is 74.2. The number of hydrogen-bond donors (Lipinski definition) is 3. The number of aliphatic hydroxyl groups excluding tert-OH is 1. The van der Waals surface area contributed by atoms with Gasteiger partial charge in [0.25, 0.3) is 0 Å². The van der Waals surface area contributed by atoms with E-state index in [2.05, 4.69) is 41.5 Å². The fourth-order valence-corrected chi connectivity index (χ4v) is 14.3. The van der Waals surface area contributed by atoms with Gasteiger partial charge < -0.3 is 33.8 Å². The molecule has 0 rings (SSSR count). The quantitative estimate of drug-likeness (QED) is 0.0222. The molecule has 0 saturated heterocycles. The average Bonchev–Trinajstić information content (AvgIpc) is 0.965. The molecule has 0 heterocycles. The van der Waals surface area contributed by atoms with Crippen molar-refractivity contribution in [2.45, 2.75) is 452 Å². The lowest BCUT2D eigenvalue weighted by Crippen LogP contribution is -2.30. The van der Waals surface area contributed by atoms with E-state index in [9.17, 15) is 43.2 Å². The van der Waals surface area contributed by atoms with Crippen LogP contribution in [0, 0.1) is 11.8 Å². The van der Waals surface area contributed by atoms with Crippen LogP contribution in [0.15, 0.2) is 0 Å². The van der Waals surface area contributed by atoms with Crippen molar-refractivity contribution in [1.29, 1.82) is 0 Å². The Kier molecular flexibility index (Phi) is 72.2. The molecule has 0 radical (unpaired) electrons. The van der Waals surface area contributed by atoms with Crippen molar-refractivity contribution in [3.05, 3.63) is 0 Å². The van der Waals surface area contributed by atoms with Crippen LogP contribution in [-0.4, -0.2) is 96.7 Å². The van der Waals surface area contributed by atoms with Crippen LogP contribution in [0.5, 0.6) is 0 Å². The molecule has 0 aliphatic rings. The Morgan fingerprint density at radius 1 is 0.267 bits per heavy atom. The molecule has 0 fully saturated rings. The Bertz CT molecular complexity index is 1940. The fourth-order valence-electron chi connectivity index (χ4n) is 12.7. The van der Waals surface area contributed by atoms with Gasteiger partial charge >= 0.3 is 39.5 Å². The predicted molar refractivity (Wildman–Crippen MR) is 414 cm³/mol. The molecule has 0 aliphatic carbocycles. The van der Waals surface area contributed by atoms with E-state index >= 15 is 0 Å². The predicted octanol–water partition coefficient (Wildman–Crippen LogP) is 24.7. The first-order valence-electron chi connectivity index (χ1n) is 42.5. The van der Waals surface area contributed by atoms with Gasteiger partial charge in [0.15, 0.2) is 12.2 Å². The normalized spacial score (nSPS) is 13.9. The molecule has 5 atom stereocenters. The highest BCUT2D eigenvalue weighted by molar-refractivity contribution is 7.47. The highest BCUT2D eigenvalue weighted by atomic mass is 31.2. The summed E-state index contributed by atoms with van der Waals surface area (Å²) < 4.78 is 68.7. The Morgan fingerprint density at radius 3 is 0.673 bits per heavy atom. The highest BCUT2D eigenvalue weighted by Gasteiger charge is 2.30. The van der Waals surface area contributed by atoms with Crippen LogP contribution in [0.3, 0.4) is 0 Å². The van der Waals surface area contributed by atoms with Crippen molar-refractivity contribution in [3.63, 3.8) is 0 Å². The molecule has 0 spiro atoms. The first kappa shape index (κ1) is 99.1. The largest absolute Gasteiger partial charge is 0.472 e. The summed E-state index contributed by atoms with van der Waals surface area (Å²) in [5.41, 5.74) is 0. The van der Waals surface area contributed by atoms with E-state index in [4.69, 9.17) is 37.0 Å². The summed E-state index contributed by atoms with van der Waals surface area (Å²) in [5.74, 6) is -0.638. The second kappa shape index (κ2) is 73.6. The minimum absolute atomic E-state index is 0.107. The number of rotatable bonds is 81. The van der Waals surface area contributed by atoms with E-state index < -0.39 is 97.5 Å². The van der Waals surface area contributed by atoms with E-state index in [0.717, 1.165) is 102 Å². The van der Waals surface area contributed by atoms with E-state index in [1.807, 2.05) is 0 Å². The smallest absolute Gasteiger partial charge is 0.462 e. The average molecular weight is 1480 g/mol. The van der Waals surface area contributed by atoms with Crippen molar-refractivity contribution < 1.29 is 80.2 Å². The van der Waals surface area contributed by atoms with Gasteiger partial charge in [-0.15, -0.1) is 0 Å². The lowest BCUT2D eigenvalue weighted by molar-refractivity contribution is -0.161. The van der Waals surface area contributed by atoms with Crippen molar-refractivity contribution in [2.75, 3.05) is 39.6 Å². The zero-order valence-corrected chi connectivity index (χ0v) is 68.0. The summed E-state index contributed by atoms with van der Waals surface area (Å²) in [7, 11) is -9.92. The molecule has 0 aromatic heterocycles. The number of ether oxygens (including phenoxy) is 4. The summed E-state index contributed by atoms with van der Waals surface area (Å²) in [6, 6.07) is 0. The molecular weight excluding hydrogens is 1320 g/mol. The SMILES string of the molecule is CCCCCCCCCCCCCCCCCCCCCCC(=O)O[C@H](COC(=O)CCCCCCCCCCCCCCCC(C)C)COP(=O)(O)OC[C@@H](O)COP(=O)(O)OC[C@@H](COC(=O)CCCCCCCCC(C)C)OC(=O)CCCCCCCCCCCCCCCCCC. The second-order valence-electron chi connectivity index (χ2n) is 30.5. The number of phosphoric ester groups is 2. The van der Waals surface area contributed by atoms with Gasteiger partial charge in [0.05, 0.1) is 26.4 Å². The highest BCUT2D eigenvalue weighted by Crippen LogP contribution is 2.45. The molecule has 0 aromatic rings. The molecule has 2 unspecified atom stereocenters. The molecule has 0 aliphatic heterocycles. The number of phosphoric acid groups is 2. The fraction of sp³-hybridized carbons (Fsp3) is 0.951. The van der Waals surface area contributed by atoms with Gasteiger partial charge in [-0.1, -0.05) is 382 Å². The third-order valence-corrected chi connectivity index (χ3v) is 21.1. The Balaban J connectivity index is 5.22. The molecule has 17 nitrogen and oxygen atoms in total. The molecule has 0 aromatic carbocycles. The Hall–Kier alpha value is -1.94. The summed E-state index contributed by atoms with van der Waals surface area (Å²) in [6.07, 6.45) is 64.0. The van der Waals surface area contributed by atoms with Crippen LogP contribution in [-0.2, 0) is 65.4 Å². The maximum absolute atomic E-state index is 13.1. The first-order valence-corrected chi connectivity index (χ1v) is 45.5. The van der Waals surface area contributed by atoms with Gasteiger partial charge in [-0.05, 0) is 37.5 Å². The maximum atomic E-state index is 13.1. The number of esters is 4. The lowest BCUT2D eigenvalue weighted by Gasteiger charge is -2.21. The summed E-state index contributed by atoms with van der Waals surface area (Å²) in [6.45, 7) is 9.58. The monoisotopic (exact) mass is 1480 g/mol. The van der Waals surface area contributed by atoms with E-state index in [1.165, 1.54) is 244 Å². The molecule has 0 amide bonds. The summed E-state index contributed by atoms with van der Waals surface area (Å²) in [4.78, 5) is 73.0. The minimum Gasteiger partial charge on any atom is -0.462 e. The number of aliphatic hydroxyl groups is 1. The Labute approximate surface area is 619 Å². The van der Waals surface area contributed by atoms with Crippen LogP contribution >= 0.6 is 15.6 Å². The molecule has 101 heavy (non-hydrogen) atoms. The van der Waals surface area contributed by atoms with Crippen molar-refractivity contribution >= 4 is 39.5 Å². The van der Waals surface area contributed by atoms with Gasteiger partial charge in [-0.2, -0.15) is 0 Å². The van der Waals surface area contributed by atoms with Crippen LogP contribution in [0.2, 0.25) is 0 Å². The standard InChI is InChI=1S/C82H160O17P2/c1-7-9-11-13-15-17-19-21-23-25-26-27-28-30-34-39-43-47-55-61-66-81(86)98-77(70-92-79(84)64-58-52-45-41-37-35-31-32-36-40-44-50-56-62-74(3)4)72-96-100(88,89)94-68-76(83)69-95-101(90,91)97-73-78(71-93-80(85)65-59-53-49-48-51-57-63-75(5)6)99-82(87)67-60-54-46-42-38-33-29-24-22-20-18-16-14-12-10-8-2/h74-78,83H,7-73H2,1-6H3,(H,88,89)(H,90,91)/t76-,77-,78-/m1/s1. The van der Waals surface area contributed by atoms with E-state index in [1.54, 1.807) is 0 Å². The minimum atomic E-state index is -4.96. The van der Waals surface area contributed by atoms with E-state index in [0.29, 0.717) is 31.6 Å². The van der Waals surface area contributed by atoms with Crippen molar-refractivity contribution in [3.8, 4) is 0 Å². The van der Waals surface area contributed by atoms with Gasteiger partial charge in [0, 0.05) is 25.7 Å². The van der Waals surface area contributed by atoms with Crippen LogP contribution in [0.4, 0.5) is 0 Å². The van der Waals surface area contributed by atoms with Crippen LogP contribution in [0.1, 0.15) is 433 Å². The van der Waals surface area contributed by atoms with Crippen molar-refractivity contribution in [2.24, 2.45) is 11.8 Å². The van der Waals surface area contributed by atoms with Crippen LogP contribution < -0.4 is 0 Å². The lowest BCUT2D eigenvalue weighted by atomic mass is 10.0. The maximum Gasteiger partial charge on any atom is 0.472 e. The number of hydrogen-bond acceptors (Lipinski definition) is 15.